The normalized spacial score (nSPS) is 13.1. The van der Waals surface area contributed by atoms with E-state index in [1.54, 1.807) is 12.1 Å². The number of carbonyl (C=O) groups is 1. The van der Waals surface area contributed by atoms with Gasteiger partial charge in [-0.1, -0.05) is 25.5 Å². The van der Waals surface area contributed by atoms with E-state index in [9.17, 15) is 13.2 Å². The molecule has 1 atom stereocenters. The van der Waals surface area contributed by atoms with Gasteiger partial charge >= 0.3 is 5.97 Å². The number of hydrogen-bond acceptors (Lipinski definition) is 5. The molecule has 0 aromatic heterocycles. The van der Waals surface area contributed by atoms with Crippen molar-refractivity contribution in [2.75, 3.05) is 20.2 Å². The summed E-state index contributed by atoms with van der Waals surface area (Å²) in [5, 5.41) is 5.07. The molecule has 1 aromatic rings. The molecule has 0 aliphatic rings. The van der Waals surface area contributed by atoms with Gasteiger partial charge < -0.3 is 4.74 Å². The van der Waals surface area contributed by atoms with Gasteiger partial charge in [0.25, 0.3) is 0 Å². The predicted octanol–water partition coefficient (Wildman–Crippen LogP) is 1.67. The van der Waals surface area contributed by atoms with Crippen molar-refractivity contribution in [3.63, 3.8) is 0 Å². The number of carbonyl (C=O) groups excluding carboxylic acids is 1. The molecule has 0 amide bonds. The molecule has 1 unspecified atom stereocenters. The largest absolute Gasteiger partial charge is 0.465 e. The smallest absolute Gasteiger partial charge is 0.320 e. The molecule has 7 heteroatoms. The molecule has 0 aliphatic heterocycles. The molecule has 0 saturated heterocycles. The molecule has 0 spiro atoms. The van der Waals surface area contributed by atoms with Gasteiger partial charge in [0, 0.05) is 6.04 Å². The Morgan fingerprint density at radius 1 is 1.32 bits per heavy atom. The lowest BCUT2D eigenvalue weighted by molar-refractivity contribution is -0.145. The van der Waals surface area contributed by atoms with E-state index in [1.807, 2.05) is 25.8 Å². The highest BCUT2D eigenvalue weighted by molar-refractivity contribution is 7.89. The molecule has 2 N–H and O–H groups in total. The van der Waals surface area contributed by atoms with Gasteiger partial charge in [-0.2, -0.15) is 0 Å². The number of primary sulfonamides is 1. The number of hydrogen-bond donors (Lipinski definition) is 1. The van der Waals surface area contributed by atoms with Crippen LogP contribution in [0.1, 0.15) is 38.3 Å². The molecule has 124 valence electrons. The molecule has 0 bridgehead atoms. The van der Waals surface area contributed by atoms with Crippen molar-refractivity contribution in [1.29, 1.82) is 0 Å². The Hall–Kier alpha value is -1.44. The second kappa shape index (κ2) is 8.26. The van der Waals surface area contributed by atoms with E-state index in [4.69, 9.17) is 9.88 Å². The van der Waals surface area contributed by atoms with Crippen LogP contribution in [-0.2, 0) is 19.6 Å². The highest BCUT2D eigenvalue weighted by atomic mass is 32.2. The van der Waals surface area contributed by atoms with Gasteiger partial charge in [-0.05, 0) is 38.1 Å². The van der Waals surface area contributed by atoms with Crippen molar-refractivity contribution >= 4 is 16.0 Å². The second-order valence-corrected chi connectivity index (χ2v) is 6.84. The van der Waals surface area contributed by atoms with E-state index < -0.39 is 10.0 Å². The van der Waals surface area contributed by atoms with Crippen molar-refractivity contribution in [3.05, 3.63) is 29.8 Å². The van der Waals surface area contributed by atoms with Gasteiger partial charge in [-0.15, -0.1) is 0 Å². The van der Waals surface area contributed by atoms with Crippen LogP contribution < -0.4 is 5.14 Å². The standard InChI is InChI=1S/C15H24N2O4S/c1-4-5-10-21-15(18)11-17(3)12(2)13-6-8-14(9-7-13)22(16,19)20/h6-9,12H,4-5,10-11H2,1-3H3,(H2,16,19,20). The van der Waals surface area contributed by atoms with Gasteiger partial charge in [0.2, 0.25) is 10.0 Å². The van der Waals surface area contributed by atoms with E-state index >= 15 is 0 Å². The zero-order chi connectivity index (χ0) is 16.8. The number of esters is 1. The monoisotopic (exact) mass is 328 g/mol. The molecule has 1 aromatic carbocycles. The molecule has 6 nitrogen and oxygen atoms in total. The topological polar surface area (TPSA) is 89.7 Å². The fraction of sp³-hybridized carbons (Fsp3) is 0.533. The van der Waals surface area contributed by atoms with Crippen LogP contribution in [0.15, 0.2) is 29.2 Å². The Balaban J connectivity index is 2.63. The van der Waals surface area contributed by atoms with E-state index in [-0.39, 0.29) is 23.5 Å². The summed E-state index contributed by atoms with van der Waals surface area (Å²) in [7, 11) is -1.87. The Kier molecular flexibility index (Phi) is 6.99. The fourth-order valence-electron chi connectivity index (χ4n) is 1.91. The first-order valence-electron chi connectivity index (χ1n) is 7.24. The molecule has 0 radical (unpaired) electrons. The lowest BCUT2D eigenvalue weighted by Crippen LogP contribution is -2.30. The summed E-state index contributed by atoms with van der Waals surface area (Å²) in [5.74, 6) is -0.260. The lowest BCUT2D eigenvalue weighted by Gasteiger charge is -2.24. The summed E-state index contributed by atoms with van der Waals surface area (Å²) >= 11 is 0. The quantitative estimate of drug-likeness (QED) is 0.579. The Morgan fingerprint density at radius 2 is 1.91 bits per heavy atom. The van der Waals surface area contributed by atoms with Crippen LogP contribution in [0, 0.1) is 0 Å². The molecule has 0 fully saturated rings. The van der Waals surface area contributed by atoms with Crippen molar-refractivity contribution in [1.82, 2.24) is 4.90 Å². The first-order valence-corrected chi connectivity index (χ1v) is 8.79. The molecule has 22 heavy (non-hydrogen) atoms. The highest BCUT2D eigenvalue weighted by Crippen LogP contribution is 2.20. The van der Waals surface area contributed by atoms with Crippen LogP contribution in [-0.4, -0.2) is 39.5 Å². The van der Waals surface area contributed by atoms with Crippen LogP contribution in [0.3, 0.4) is 0 Å². The second-order valence-electron chi connectivity index (χ2n) is 5.28. The average molecular weight is 328 g/mol. The third-order valence-electron chi connectivity index (χ3n) is 3.49. The molecule has 0 heterocycles. The van der Waals surface area contributed by atoms with E-state index in [0.717, 1.165) is 18.4 Å². The van der Waals surface area contributed by atoms with Crippen LogP contribution in [0.4, 0.5) is 0 Å². The number of nitrogens with two attached hydrogens (primary N) is 1. The van der Waals surface area contributed by atoms with E-state index in [2.05, 4.69) is 0 Å². The van der Waals surface area contributed by atoms with Crippen LogP contribution in [0.5, 0.6) is 0 Å². The van der Waals surface area contributed by atoms with Gasteiger partial charge in [-0.3, -0.25) is 9.69 Å². The Labute approximate surface area is 132 Å². The fourth-order valence-corrected chi connectivity index (χ4v) is 2.42. The summed E-state index contributed by atoms with van der Waals surface area (Å²) in [6, 6.07) is 6.28. The minimum Gasteiger partial charge on any atom is -0.465 e. The molecule has 0 aliphatic carbocycles. The number of rotatable bonds is 8. The van der Waals surface area contributed by atoms with E-state index in [0.29, 0.717) is 6.61 Å². The Bertz CT molecular complexity index is 584. The summed E-state index contributed by atoms with van der Waals surface area (Å²) in [4.78, 5) is 13.6. The van der Waals surface area contributed by atoms with Gasteiger partial charge in [0.15, 0.2) is 0 Å². The van der Waals surface area contributed by atoms with Gasteiger partial charge in [-0.25, -0.2) is 13.6 Å². The summed E-state index contributed by atoms with van der Waals surface area (Å²) < 4.78 is 27.6. The highest BCUT2D eigenvalue weighted by Gasteiger charge is 2.16. The van der Waals surface area contributed by atoms with Crippen LogP contribution in [0.25, 0.3) is 0 Å². The zero-order valence-corrected chi connectivity index (χ0v) is 14.1. The van der Waals surface area contributed by atoms with Crippen LogP contribution in [0.2, 0.25) is 0 Å². The molecular weight excluding hydrogens is 304 g/mol. The third kappa shape index (κ3) is 5.75. The van der Waals surface area contributed by atoms with Gasteiger partial charge in [0.1, 0.15) is 0 Å². The van der Waals surface area contributed by atoms with Crippen molar-refractivity contribution < 1.29 is 17.9 Å². The molecule has 1 rings (SSSR count). The summed E-state index contributed by atoms with van der Waals surface area (Å²) in [6.07, 6.45) is 1.84. The SMILES string of the molecule is CCCCOC(=O)CN(C)C(C)c1ccc(S(N)(=O)=O)cc1. The number of ether oxygens (including phenoxy) is 1. The maximum atomic E-state index is 11.7. The number of sulfonamides is 1. The number of unbranched alkanes of at least 4 members (excludes halogenated alkanes) is 1. The summed E-state index contributed by atoms with van der Waals surface area (Å²) in [5.41, 5.74) is 0.899. The molecular formula is C15H24N2O4S. The first-order chi connectivity index (χ1) is 10.3. The first kappa shape index (κ1) is 18.6. The minimum atomic E-state index is -3.69. The number of nitrogens with zero attached hydrogens (tertiary/aromatic N) is 1. The Morgan fingerprint density at radius 3 is 2.41 bits per heavy atom. The van der Waals surface area contributed by atoms with Crippen molar-refractivity contribution in [2.24, 2.45) is 5.14 Å². The van der Waals surface area contributed by atoms with Crippen LogP contribution >= 0.6 is 0 Å². The maximum absolute atomic E-state index is 11.7. The predicted molar refractivity (Wildman–Crippen MR) is 84.7 cm³/mol. The van der Waals surface area contributed by atoms with Gasteiger partial charge in [0.05, 0.1) is 18.0 Å². The van der Waals surface area contributed by atoms with Crippen molar-refractivity contribution in [3.8, 4) is 0 Å². The number of benzene rings is 1. The van der Waals surface area contributed by atoms with Crippen molar-refractivity contribution in [2.45, 2.75) is 37.6 Å². The maximum Gasteiger partial charge on any atom is 0.320 e. The molecule has 0 saturated carbocycles. The zero-order valence-electron chi connectivity index (χ0n) is 13.3. The summed E-state index contributed by atoms with van der Waals surface area (Å²) in [6.45, 7) is 4.60. The van der Waals surface area contributed by atoms with E-state index in [1.165, 1.54) is 12.1 Å². The lowest BCUT2D eigenvalue weighted by atomic mass is 10.1. The third-order valence-corrected chi connectivity index (χ3v) is 4.42. The average Bonchev–Trinajstić information content (AvgIpc) is 2.46. The minimum absolute atomic E-state index is 0.0479. The number of likely N-dealkylation sites (N-methyl/N-ethyl adjacent to an activating group) is 1.